The maximum atomic E-state index is 6.05. The van der Waals surface area contributed by atoms with Gasteiger partial charge in [-0.2, -0.15) is 0 Å². The molecule has 0 aliphatic carbocycles. The lowest BCUT2D eigenvalue weighted by molar-refractivity contribution is 0.415. The Bertz CT molecular complexity index is 554. The minimum atomic E-state index is 0.634. The zero-order chi connectivity index (χ0) is 13.7. The Hall–Kier alpha value is -1.51. The lowest BCUT2D eigenvalue weighted by Crippen LogP contribution is -2.11. The molecule has 0 aromatic heterocycles. The van der Waals surface area contributed by atoms with E-state index in [2.05, 4.69) is 36.5 Å². The Balaban J connectivity index is 2.30. The molecule has 0 aliphatic rings. The maximum Gasteiger partial charge on any atom is 0.138 e. The Kier molecular flexibility index (Phi) is 4.83. The van der Waals surface area contributed by atoms with Crippen molar-refractivity contribution in [3.05, 3.63) is 53.1 Å². The van der Waals surface area contributed by atoms with Crippen molar-refractivity contribution in [2.75, 3.05) is 13.7 Å². The molecule has 0 saturated carbocycles. The molecule has 2 nitrogen and oxygen atoms in total. The first-order valence-corrected chi connectivity index (χ1v) is 6.76. The fraction of sp³-hybridized carbons (Fsp3) is 0.250. The van der Waals surface area contributed by atoms with Crippen LogP contribution in [0.1, 0.15) is 12.5 Å². The Morgan fingerprint density at radius 2 is 1.89 bits per heavy atom. The number of benzene rings is 2. The van der Waals surface area contributed by atoms with E-state index in [0.717, 1.165) is 18.7 Å². The van der Waals surface area contributed by atoms with Crippen molar-refractivity contribution < 1.29 is 4.74 Å². The Morgan fingerprint density at radius 1 is 1.11 bits per heavy atom. The molecule has 100 valence electrons. The summed E-state index contributed by atoms with van der Waals surface area (Å²) in [6.45, 7) is 3.96. The summed E-state index contributed by atoms with van der Waals surface area (Å²) in [5.74, 6) is 0.705. The minimum absolute atomic E-state index is 0.634. The molecule has 0 atom stereocenters. The number of nitrogens with one attached hydrogen (secondary N) is 1. The van der Waals surface area contributed by atoms with E-state index in [1.54, 1.807) is 7.11 Å². The molecule has 0 saturated heterocycles. The van der Waals surface area contributed by atoms with Crippen LogP contribution >= 0.6 is 11.6 Å². The molecule has 0 heterocycles. The van der Waals surface area contributed by atoms with Gasteiger partial charge in [-0.25, -0.2) is 0 Å². The summed E-state index contributed by atoms with van der Waals surface area (Å²) in [5, 5.41) is 3.96. The third-order valence-electron chi connectivity index (χ3n) is 2.99. The number of hydrogen-bond donors (Lipinski definition) is 1. The lowest BCUT2D eigenvalue weighted by atomic mass is 10.0. The third-order valence-corrected chi connectivity index (χ3v) is 3.30. The van der Waals surface area contributed by atoms with Gasteiger partial charge in [0.25, 0.3) is 0 Å². The molecule has 2 aromatic carbocycles. The number of ether oxygens (including phenoxy) is 1. The van der Waals surface area contributed by atoms with E-state index in [-0.39, 0.29) is 0 Å². The minimum Gasteiger partial charge on any atom is -0.495 e. The number of methoxy groups -OCH3 is 1. The largest absolute Gasteiger partial charge is 0.495 e. The summed E-state index contributed by atoms with van der Waals surface area (Å²) >= 11 is 6.05. The van der Waals surface area contributed by atoms with E-state index in [4.69, 9.17) is 16.3 Å². The second-order valence-corrected chi connectivity index (χ2v) is 4.74. The molecule has 2 rings (SSSR count). The van der Waals surface area contributed by atoms with Gasteiger partial charge in [0.2, 0.25) is 0 Å². The van der Waals surface area contributed by atoms with Crippen LogP contribution in [0.4, 0.5) is 0 Å². The Morgan fingerprint density at radius 3 is 2.63 bits per heavy atom. The molecule has 0 spiro atoms. The number of rotatable bonds is 5. The van der Waals surface area contributed by atoms with Gasteiger partial charge in [-0.3, -0.25) is 0 Å². The summed E-state index contributed by atoms with van der Waals surface area (Å²) in [6, 6.07) is 14.3. The van der Waals surface area contributed by atoms with Crippen molar-refractivity contribution in [3.63, 3.8) is 0 Å². The first kappa shape index (κ1) is 13.9. The van der Waals surface area contributed by atoms with Gasteiger partial charge < -0.3 is 10.1 Å². The van der Waals surface area contributed by atoms with Crippen molar-refractivity contribution in [3.8, 4) is 16.9 Å². The van der Waals surface area contributed by atoms with E-state index in [9.17, 15) is 0 Å². The van der Waals surface area contributed by atoms with Crippen molar-refractivity contribution in [2.45, 2.75) is 13.5 Å². The van der Waals surface area contributed by atoms with Crippen LogP contribution < -0.4 is 10.1 Å². The SMILES string of the molecule is CCNCc1cccc(-c2ccc(Cl)c(OC)c2)c1. The molecule has 0 radical (unpaired) electrons. The lowest BCUT2D eigenvalue weighted by Gasteiger charge is -2.09. The summed E-state index contributed by atoms with van der Waals surface area (Å²) in [6.07, 6.45) is 0. The summed E-state index contributed by atoms with van der Waals surface area (Å²) in [7, 11) is 1.63. The third kappa shape index (κ3) is 3.49. The molecule has 0 bridgehead atoms. The van der Waals surface area contributed by atoms with Gasteiger partial charge in [0.05, 0.1) is 12.1 Å². The highest BCUT2D eigenvalue weighted by Gasteiger charge is 2.04. The average molecular weight is 276 g/mol. The van der Waals surface area contributed by atoms with Gasteiger partial charge in [-0.15, -0.1) is 0 Å². The average Bonchev–Trinajstić information content (AvgIpc) is 2.46. The van der Waals surface area contributed by atoms with E-state index >= 15 is 0 Å². The highest BCUT2D eigenvalue weighted by Crippen LogP contribution is 2.30. The molecule has 3 heteroatoms. The quantitative estimate of drug-likeness (QED) is 0.886. The van der Waals surface area contributed by atoms with E-state index in [1.165, 1.54) is 11.1 Å². The first-order valence-electron chi connectivity index (χ1n) is 6.38. The highest BCUT2D eigenvalue weighted by atomic mass is 35.5. The van der Waals surface area contributed by atoms with Crippen LogP contribution in [0.3, 0.4) is 0 Å². The summed E-state index contributed by atoms with van der Waals surface area (Å²) in [4.78, 5) is 0. The van der Waals surface area contributed by atoms with Crippen LogP contribution in [0.2, 0.25) is 5.02 Å². The topological polar surface area (TPSA) is 21.3 Å². The van der Waals surface area contributed by atoms with Crippen LogP contribution in [-0.2, 0) is 6.54 Å². The van der Waals surface area contributed by atoms with Gasteiger partial charge in [0.15, 0.2) is 0 Å². The molecular formula is C16H18ClNO. The van der Waals surface area contributed by atoms with Crippen LogP contribution in [0.15, 0.2) is 42.5 Å². The molecule has 0 fully saturated rings. The fourth-order valence-electron chi connectivity index (χ4n) is 1.97. The Labute approximate surface area is 119 Å². The van der Waals surface area contributed by atoms with Gasteiger partial charge in [0, 0.05) is 6.54 Å². The molecule has 1 N–H and O–H groups in total. The molecule has 0 aliphatic heterocycles. The van der Waals surface area contributed by atoms with Gasteiger partial charge in [-0.05, 0) is 41.4 Å². The zero-order valence-electron chi connectivity index (χ0n) is 11.2. The molecular weight excluding hydrogens is 258 g/mol. The smallest absolute Gasteiger partial charge is 0.138 e. The standard InChI is InChI=1S/C16H18ClNO/c1-3-18-11-12-5-4-6-13(9-12)14-7-8-15(17)16(10-14)19-2/h4-10,18H,3,11H2,1-2H3. The van der Waals surface area contributed by atoms with Crippen molar-refractivity contribution >= 4 is 11.6 Å². The van der Waals surface area contributed by atoms with Crippen LogP contribution in [-0.4, -0.2) is 13.7 Å². The number of halogens is 1. The van der Waals surface area contributed by atoms with Crippen molar-refractivity contribution in [1.29, 1.82) is 0 Å². The molecule has 0 amide bonds. The predicted octanol–water partition coefficient (Wildman–Crippen LogP) is 4.13. The van der Waals surface area contributed by atoms with Gasteiger partial charge >= 0.3 is 0 Å². The van der Waals surface area contributed by atoms with E-state index < -0.39 is 0 Å². The van der Waals surface area contributed by atoms with Crippen LogP contribution in [0.5, 0.6) is 5.75 Å². The molecule has 2 aromatic rings. The van der Waals surface area contributed by atoms with Crippen LogP contribution in [0, 0.1) is 0 Å². The molecule has 19 heavy (non-hydrogen) atoms. The van der Waals surface area contributed by atoms with Crippen molar-refractivity contribution in [2.24, 2.45) is 0 Å². The van der Waals surface area contributed by atoms with Crippen LogP contribution in [0.25, 0.3) is 11.1 Å². The van der Waals surface area contributed by atoms with E-state index in [1.807, 2.05) is 18.2 Å². The van der Waals surface area contributed by atoms with E-state index in [0.29, 0.717) is 10.8 Å². The second kappa shape index (κ2) is 6.60. The maximum absolute atomic E-state index is 6.05. The first-order chi connectivity index (χ1) is 9.24. The van der Waals surface area contributed by atoms with Crippen molar-refractivity contribution in [1.82, 2.24) is 5.32 Å². The number of hydrogen-bond acceptors (Lipinski definition) is 2. The van der Waals surface area contributed by atoms with Gasteiger partial charge in [-0.1, -0.05) is 42.8 Å². The zero-order valence-corrected chi connectivity index (χ0v) is 12.0. The summed E-state index contributed by atoms with van der Waals surface area (Å²) in [5.41, 5.74) is 3.55. The monoisotopic (exact) mass is 275 g/mol. The summed E-state index contributed by atoms with van der Waals surface area (Å²) < 4.78 is 5.26. The normalized spacial score (nSPS) is 10.5. The molecule has 0 unspecified atom stereocenters. The highest BCUT2D eigenvalue weighted by molar-refractivity contribution is 6.32. The fourth-order valence-corrected chi connectivity index (χ4v) is 2.16. The second-order valence-electron chi connectivity index (χ2n) is 4.33. The predicted molar refractivity (Wildman–Crippen MR) is 80.8 cm³/mol. The van der Waals surface area contributed by atoms with Gasteiger partial charge in [0.1, 0.15) is 5.75 Å².